The zero-order valence-corrected chi connectivity index (χ0v) is 11.1. The summed E-state index contributed by atoms with van der Waals surface area (Å²) in [6.07, 6.45) is 4.63. The molecule has 1 heterocycles. The molecule has 0 saturated heterocycles. The van der Waals surface area contributed by atoms with Crippen LogP contribution in [0, 0.1) is 0 Å². The fraction of sp³-hybridized carbons (Fsp3) is 0.333. The van der Waals surface area contributed by atoms with Gasteiger partial charge in [0.15, 0.2) is 0 Å². The highest BCUT2D eigenvalue weighted by molar-refractivity contribution is 5.73. The fourth-order valence-electron chi connectivity index (χ4n) is 2.33. The number of nitrogens with zero attached hydrogens (tertiary/aromatic N) is 2. The van der Waals surface area contributed by atoms with Gasteiger partial charge in [0.05, 0.1) is 5.69 Å². The Labute approximate surface area is 117 Å². The Morgan fingerprint density at radius 1 is 1.35 bits per heavy atom. The van der Waals surface area contributed by atoms with Crippen molar-refractivity contribution >= 4 is 5.97 Å². The summed E-state index contributed by atoms with van der Waals surface area (Å²) in [5.74, 6) is -0.338. The molecule has 104 valence electrons. The molecule has 5 heteroatoms. The number of carbonyl (C=O) groups is 1. The maximum absolute atomic E-state index is 10.7. The van der Waals surface area contributed by atoms with Crippen LogP contribution in [-0.4, -0.2) is 26.9 Å². The molecule has 1 fully saturated rings. The number of rotatable bonds is 5. The van der Waals surface area contributed by atoms with Gasteiger partial charge >= 0.3 is 5.97 Å². The molecule has 0 spiro atoms. The first-order chi connectivity index (χ1) is 9.65. The first-order valence-corrected chi connectivity index (χ1v) is 6.77. The zero-order chi connectivity index (χ0) is 14.1. The maximum Gasteiger partial charge on any atom is 0.320 e. The van der Waals surface area contributed by atoms with Crippen molar-refractivity contribution in [3.63, 3.8) is 0 Å². The second kappa shape index (κ2) is 5.09. The lowest BCUT2D eigenvalue weighted by molar-refractivity contribution is -0.138. The van der Waals surface area contributed by atoms with Crippen molar-refractivity contribution in [3.8, 4) is 5.69 Å². The Kier molecular flexibility index (Phi) is 3.28. The highest BCUT2D eigenvalue weighted by atomic mass is 16.4. The van der Waals surface area contributed by atoms with Crippen molar-refractivity contribution in [2.45, 2.75) is 31.2 Å². The van der Waals surface area contributed by atoms with Gasteiger partial charge in [-0.3, -0.25) is 4.79 Å². The van der Waals surface area contributed by atoms with Crippen molar-refractivity contribution < 1.29 is 9.90 Å². The van der Waals surface area contributed by atoms with E-state index in [-0.39, 0.29) is 0 Å². The normalized spacial score (nSPS) is 16.1. The van der Waals surface area contributed by atoms with Crippen LogP contribution in [0.15, 0.2) is 36.5 Å². The van der Waals surface area contributed by atoms with Gasteiger partial charge in [-0.15, -0.1) is 0 Å². The van der Waals surface area contributed by atoms with Gasteiger partial charge in [0.2, 0.25) is 0 Å². The molecule has 20 heavy (non-hydrogen) atoms. The molecular weight excluding hydrogens is 254 g/mol. The number of carboxylic acids is 1. The molecule has 1 aromatic heterocycles. The number of benzene rings is 1. The molecule has 2 aromatic rings. The van der Waals surface area contributed by atoms with Gasteiger partial charge < -0.3 is 10.8 Å². The Morgan fingerprint density at radius 3 is 2.65 bits per heavy atom. The molecule has 1 atom stereocenters. The van der Waals surface area contributed by atoms with Gasteiger partial charge in [-0.2, -0.15) is 5.10 Å². The molecule has 1 saturated carbocycles. The van der Waals surface area contributed by atoms with Crippen LogP contribution < -0.4 is 5.73 Å². The second-order valence-corrected chi connectivity index (χ2v) is 5.26. The Balaban J connectivity index is 1.78. The first-order valence-electron chi connectivity index (χ1n) is 6.77. The standard InChI is InChI=1S/C15H17N3O2/c16-13(15(19)20)9-10-1-5-12(6-2-10)18-14(7-8-17-18)11-3-4-11/h1-2,5-8,11,13H,3-4,9,16H2,(H,19,20). The number of carboxylic acid groups (broad SMARTS) is 1. The number of hydrogen-bond acceptors (Lipinski definition) is 3. The molecule has 0 bridgehead atoms. The van der Waals surface area contributed by atoms with Gasteiger partial charge in [0.25, 0.3) is 0 Å². The van der Waals surface area contributed by atoms with Gasteiger partial charge in [-0.05, 0) is 43.0 Å². The summed E-state index contributed by atoms with van der Waals surface area (Å²) in [7, 11) is 0. The van der Waals surface area contributed by atoms with Crippen molar-refractivity contribution in [2.75, 3.05) is 0 Å². The van der Waals surface area contributed by atoms with E-state index in [4.69, 9.17) is 10.8 Å². The molecule has 3 rings (SSSR count). The molecule has 1 aliphatic rings. The molecule has 3 N–H and O–H groups in total. The highest BCUT2D eigenvalue weighted by Gasteiger charge is 2.27. The Morgan fingerprint density at radius 2 is 2.05 bits per heavy atom. The van der Waals surface area contributed by atoms with E-state index in [1.807, 2.05) is 35.1 Å². The largest absolute Gasteiger partial charge is 0.480 e. The minimum atomic E-state index is -0.975. The predicted octanol–water partition coefficient (Wildman–Crippen LogP) is 1.70. The molecular formula is C15H17N3O2. The third kappa shape index (κ3) is 2.58. The monoisotopic (exact) mass is 271 g/mol. The number of hydrogen-bond donors (Lipinski definition) is 2. The fourth-order valence-corrected chi connectivity index (χ4v) is 2.33. The average Bonchev–Trinajstić information content (AvgIpc) is 3.17. The van der Waals surface area contributed by atoms with Gasteiger partial charge in [0, 0.05) is 17.8 Å². The third-order valence-electron chi connectivity index (χ3n) is 3.62. The second-order valence-electron chi connectivity index (χ2n) is 5.26. The van der Waals surface area contributed by atoms with Gasteiger partial charge in [-0.1, -0.05) is 12.1 Å². The summed E-state index contributed by atoms with van der Waals surface area (Å²) in [4.78, 5) is 10.7. The van der Waals surface area contributed by atoms with Crippen LogP contribution >= 0.6 is 0 Å². The van der Waals surface area contributed by atoms with Crippen molar-refractivity contribution in [3.05, 3.63) is 47.8 Å². The maximum atomic E-state index is 10.7. The predicted molar refractivity (Wildman–Crippen MR) is 74.9 cm³/mol. The average molecular weight is 271 g/mol. The topological polar surface area (TPSA) is 81.1 Å². The van der Waals surface area contributed by atoms with E-state index in [1.54, 1.807) is 0 Å². The SMILES string of the molecule is NC(Cc1ccc(-n2nccc2C2CC2)cc1)C(=O)O. The van der Waals surface area contributed by atoms with Crippen LogP contribution in [0.3, 0.4) is 0 Å². The number of nitrogens with two attached hydrogens (primary N) is 1. The van der Waals surface area contributed by atoms with E-state index in [1.165, 1.54) is 18.5 Å². The van der Waals surface area contributed by atoms with E-state index in [0.29, 0.717) is 12.3 Å². The number of aromatic nitrogens is 2. The van der Waals surface area contributed by atoms with Crippen LogP contribution in [0.2, 0.25) is 0 Å². The summed E-state index contributed by atoms with van der Waals surface area (Å²) < 4.78 is 1.96. The minimum absolute atomic E-state index is 0.338. The summed E-state index contributed by atoms with van der Waals surface area (Å²) in [6, 6.07) is 8.96. The Hall–Kier alpha value is -2.14. The van der Waals surface area contributed by atoms with E-state index >= 15 is 0 Å². The molecule has 0 aliphatic heterocycles. The molecule has 1 aromatic carbocycles. The highest BCUT2D eigenvalue weighted by Crippen LogP contribution is 2.40. The van der Waals surface area contributed by atoms with Crippen molar-refractivity contribution in [1.82, 2.24) is 9.78 Å². The van der Waals surface area contributed by atoms with E-state index in [0.717, 1.165) is 11.3 Å². The van der Waals surface area contributed by atoms with Crippen molar-refractivity contribution in [2.24, 2.45) is 5.73 Å². The third-order valence-corrected chi connectivity index (χ3v) is 3.62. The number of aliphatic carboxylic acids is 1. The van der Waals surface area contributed by atoms with E-state index in [9.17, 15) is 4.79 Å². The molecule has 1 unspecified atom stereocenters. The van der Waals surface area contributed by atoms with Crippen LogP contribution in [0.4, 0.5) is 0 Å². The minimum Gasteiger partial charge on any atom is -0.480 e. The summed E-state index contributed by atoms with van der Waals surface area (Å²) in [5, 5.41) is 13.2. The molecule has 5 nitrogen and oxygen atoms in total. The van der Waals surface area contributed by atoms with Gasteiger partial charge in [0.1, 0.15) is 6.04 Å². The Bertz CT molecular complexity index is 614. The van der Waals surface area contributed by atoms with Gasteiger partial charge in [-0.25, -0.2) is 4.68 Å². The summed E-state index contributed by atoms with van der Waals surface area (Å²) in [5.41, 5.74) is 8.71. The van der Waals surface area contributed by atoms with Crippen LogP contribution in [0.1, 0.15) is 30.0 Å². The zero-order valence-electron chi connectivity index (χ0n) is 11.1. The molecule has 0 amide bonds. The van der Waals surface area contributed by atoms with E-state index in [2.05, 4.69) is 11.2 Å². The summed E-state index contributed by atoms with van der Waals surface area (Å²) >= 11 is 0. The van der Waals surface area contributed by atoms with E-state index < -0.39 is 12.0 Å². The lowest BCUT2D eigenvalue weighted by atomic mass is 10.1. The van der Waals surface area contributed by atoms with Crippen LogP contribution in [0.25, 0.3) is 5.69 Å². The summed E-state index contributed by atoms with van der Waals surface area (Å²) in [6.45, 7) is 0. The van der Waals surface area contributed by atoms with Crippen molar-refractivity contribution in [1.29, 1.82) is 0 Å². The lowest BCUT2D eigenvalue weighted by Crippen LogP contribution is -2.32. The molecule has 1 aliphatic carbocycles. The molecule has 0 radical (unpaired) electrons. The van der Waals surface area contributed by atoms with Crippen LogP contribution in [0.5, 0.6) is 0 Å². The first kappa shape index (κ1) is 12.9. The van der Waals surface area contributed by atoms with Crippen LogP contribution in [-0.2, 0) is 11.2 Å². The lowest BCUT2D eigenvalue weighted by Gasteiger charge is -2.09. The smallest absolute Gasteiger partial charge is 0.320 e. The quantitative estimate of drug-likeness (QED) is 0.867.